The van der Waals surface area contributed by atoms with Crippen LogP contribution in [0.3, 0.4) is 0 Å². The summed E-state index contributed by atoms with van der Waals surface area (Å²) in [4.78, 5) is 24.1. The molecule has 27 heavy (non-hydrogen) atoms. The number of ether oxygens (including phenoxy) is 3. The molecule has 1 atom stereocenters. The molecule has 1 aliphatic rings. The van der Waals surface area contributed by atoms with E-state index in [1.165, 1.54) is 0 Å². The molecule has 7 nitrogen and oxygen atoms in total. The monoisotopic (exact) mass is 370 g/mol. The Bertz CT molecular complexity index is 837. The molecule has 0 saturated carbocycles. The second-order valence-electron chi connectivity index (χ2n) is 6.02. The van der Waals surface area contributed by atoms with E-state index >= 15 is 0 Å². The highest BCUT2D eigenvalue weighted by Gasteiger charge is 2.17. The zero-order valence-electron chi connectivity index (χ0n) is 15.3. The summed E-state index contributed by atoms with van der Waals surface area (Å²) in [6.45, 7) is 4.94. The molecule has 0 radical (unpaired) electrons. The minimum Gasteiger partial charge on any atom is -0.486 e. The van der Waals surface area contributed by atoms with E-state index < -0.39 is 6.09 Å². The van der Waals surface area contributed by atoms with E-state index in [2.05, 4.69) is 10.6 Å². The number of rotatable bonds is 5. The number of nitrogens with one attached hydrogen (secondary N) is 2. The molecule has 0 aliphatic carbocycles. The third-order valence-corrected chi connectivity index (χ3v) is 4.06. The first-order valence-electron chi connectivity index (χ1n) is 8.81. The van der Waals surface area contributed by atoms with Gasteiger partial charge in [0.25, 0.3) is 5.91 Å². The Balaban J connectivity index is 1.67. The van der Waals surface area contributed by atoms with Gasteiger partial charge in [-0.15, -0.1) is 0 Å². The highest BCUT2D eigenvalue weighted by molar-refractivity contribution is 5.96. The van der Waals surface area contributed by atoms with Gasteiger partial charge in [-0.05, 0) is 49.7 Å². The van der Waals surface area contributed by atoms with Crippen molar-refractivity contribution >= 4 is 17.7 Å². The van der Waals surface area contributed by atoms with Crippen LogP contribution in [0.15, 0.2) is 42.5 Å². The lowest BCUT2D eigenvalue weighted by Gasteiger charge is -2.21. The van der Waals surface area contributed by atoms with Crippen molar-refractivity contribution in [1.29, 1.82) is 0 Å². The summed E-state index contributed by atoms with van der Waals surface area (Å²) in [6, 6.07) is 12.1. The van der Waals surface area contributed by atoms with Crippen LogP contribution in [-0.2, 0) is 4.74 Å². The van der Waals surface area contributed by atoms with E-state index in [0.717, 1.165) is 5.56 Å². The molecule has 7 heteroatoms. The zero-order valence-corrected chi connectivity index (χ0v) is 15.3. The van der Waals surface area contributed by atoms with Gasteiger partial charge in [-0.2, -0.15) is 0 Å². The molecule has 0 saturated heterocycles. The summed E-state index contributed by atoms with van der Waals surface area (Å²) in [5.41, 5.74) is 1.84. The zero-order chi connectivity index (χ0) is 19.2. The van der Waals surface area contributed by atoms with E-state index in [4.69, 9.17) is 14.2 Å². The number of anilines is 1. The predicted molar refractivity (Wildman–Crippen MR) is 100 cm³/mol. The average Bonchev–Trinajstić information content (AvgIpc) is 2.68. The fraction of sp³-hybridized carbons (Fsp3) is 0.300. The first-order valence-corrected chi connectivity index (χ1v) is 8.81. The van der Waals surface area contributed by atoms with Crippen LogP contribution in [-0.4, -0.2) is 31.8 Å². The van der Waals surface area contributed by atoms with Crippen molar-refractivity contribution < 1.29 is 23.8 Å². The second kappa shape index (κ2) is 8.44. The van der Waals surface area contributed by atoms with Gasteiger partial charge in [0.15, 0.2) is 11.5 Å². The van der Waals surface area contributed by atoms with Crippen LogP contribution in [0.25, 0.3) is 0 Å². The molecule has 2 amide bonds. The van der Waals surface area contributed by atoms with Gasteiger partial charge in [0.2, 0.25) is 0 Å². The van der Waals surface area contributed by atoms with Crippen LogP contribution in [0.2, 0.25) is 0 Å². The summed E-state index contributed by atoms with van der Waals surface area (Å²) in [6.07, 6.45) is -0.556. The predicted octanol–water partition coefficient (Wildman–Crippen LogP) is 3.52. The number of carbonyl (C=O) groups excluding carboxylic acids is 2. The first kappa shape index (κ1) is 18.6. The van der Waals surface area contributed by atoms with Crippen LogP contribution in [0.1, 0.15) is 35.8 Å². The van der Waals surface area contributed by atoms with E-state index in [0.29, 0.717) is 36.0 Å². The van der Waals surface area contributed by atoms with Crippen LogP contribution in [0, 0.1) is 0 Å². The van der Waals surface area contributed by atoms with Gasteiger partial charge in [0.1, 0.15) is 13.2 Å². The molecule has 142 valence electrons. The molecule has 2 aromatic rings. The molecule has 3 rings (SSSR count). The molecule has 1 heterocycles. The van der Waals surface area contributed by atoms with Crippen LogP contribution < -0.4 is 20.1 Å². The Hall–Kier alpha value is -3.22. The molecule has 0 aromatic heterocycles. The fourth-order valence-corrected chi connectivity index (χ4v) is 2.72. The van der Waals surface area contributed by atoms with Crippen molar-refractivity contribution in [2.24, 2.45) is 0 Å². The Labute approximate surface area is 157 Å². The van der Waals surface area contributed by atoms with Gasteiger partial charge in [-0.3, -0.25) is 10.1 Å². The number of fused-ring (bicyclic) bond motifs is 1. The number of benzene rings is 2. The lowest BCUT2D eigenvalue weighted by molar-refractivity contribution is 0.0939. The third-order valence-electron chi connectivity index (χ3n) is 4.06. The lowest BCUT2D eigenvalue weighted by Crippen LogP contribution is -2.27. The molecule has 1 aliphatic heterocycles. The highest BCUT2D eigenvalue weighted by Crippen LogP contribution is 2.32. The topological polar surface area (TPSA) is 85.9 Å². The van der Waals surface area contributed by atoms with Gasteiger partial charge in [0, 0.05) is 11.3 Å². The first-order chi connectivity index (χ1) is 13.1. The van der Waals surface area contributed by atoms with Crippen molar-refractivity contribution in [2.75, 3.05) is 25.1 Å². The molecular weight excluding hydrogens is 348 g/mol. The van der Waals surface area contributed by atoms with Gasteiger partial charge >= 0.3 is 6.09 Å². The largest absolute Gasteiger partial charge is 0.486 e. The number of amides is 2. The second-order valence-corrected chi connectivity index (χ2v) is 6.02. The van der Waals surface area contributed by atoms with Gasteiger partial charge in [-0.25, -0.2) is 4.79 Å². The average molecular weight is 370 g/mol. The van der Waals surface area contributed by atoms with E-state index in [1.807, 2.05) is 25.1 Å². The van der Waals surface area contributed by atoms with Gasteiger partial charge in [0.05, 0.1) is 12.6 Å². The fourth-order valence-electron chi connectivity index (χ4n) is 2.72. The van der Waals surface area contributed by atoms with E-state index in [9.17, 15) is 9.59 Å². The maximum absolute atomic E-state index is 12.6. The van der Waals surface area contributed by atoms with Crippen molar-refractivity contribution in [2.45, 2.75) is 19.9 Å². The summed E-state index contributed by atoms with van der Waals surface area (Å²) < 4.78 is 15.9. The van der Waals surface area contributed by atoms with Crippen LogP contribution in [0.4, 0.5) is 10.5 Å². The molecule has 0 spiro atoms. The Morgan fingerprint density at radius 1 is 1.11 bits per heavy atom. The normalized spacial score (nSPS) is 13.4. The molecular formula is C20H22N2O5. The third kappa shape index (κ3) is 4.69. The number of hydrogen-bond donors (Lipinski definition) is 2. The van der Waals surface area contributed by atoms with E-state index in [-0.39, 0.29) is 18.6 Å². The molecule has 0 unspecified atom stereocenters. The minimum atomic E-state index is -0.556. The molecule has 2 aromatic carbocycles. The maximum Gasteiger partial charge on any atom is 0.411 e. The smallest absolute Gasteiger partial charge is 0.411 e. The number of carbonyl (C=O) groups is 2. The maximum atomic E-state index is 12.6. The van der Waals surface area contributed by atoms with Crippen molar-refractivity contribution in [3.8, 4) is 11.5 Å². The Kier molecular flexibility index (Phi) is 5.80. The number of hydrogen-bond acceptors (Lipinski definition) is 5. The Morgan fingerprint density at radius 3 is 2.67 bits per heavy atom. The molecule has 2 N–H and O–H groups in total. The van der Waals surface area contributed by atoms with Gasteiger partial charge in [-0.1, -0.05) is 12.1 Å². The van der Waals surface area contributed by atoms with Crippen molar-refractivity contribution in [3.05, 3.63) is 53.6 Å². The quantitative estimate of drug-likeness (QED) is 0.841. The van der Waals surface area contributed by atoms with Gasteiger partial charge < -0.3 is 19.5 Å². The SMILES string of the molecule is CCOC(=O)Nc1cccc(C(=O)N[C@H](C)c2ccc3c(c2)OCCO3)c1. The summed E-state index contributed by atoms with van der Waals surface area (Å²) >= 11 is 0. The van der Waals surface area contributed by atoms with Crippen molar-refractivity contribution in [3.63, 3.8) is 0 Å². The molecule has 0 fully saturated rings. The lowest BCUT2D eigenvalue weighted by atomic mass is 10.1. The standard InChI is InChI=1S/C20H22N2O5/c1-3-25-20(24)22-16-6-4-5-15(11-16)19(23)21-13(2)14-7-8-17-18(12-14)27-10-9-26-17/h4-8,11-13H,3,9-10H2,1-2H3,(H,21,23)(H,22,24)/t13-/m1/s1. The summed E-state index contributed by atoms with van der Waals surface area (Å²) in [5.74, 6) is 1.15. The minimum absolute atomic E-state index is 0.227. The van der Waals surface area contributed by atoms with E-state index in [1.54, 1.807) is 31.2 Å². The van der Waals surface area contributed by atoms with Crippen LogP contribution in [0.5, 0.6) is 11.5 Å². The molecule has 0 bridgehead atoms. The van der Waals surface area contributed by atoms with Crippen LogP contribution >= 0.6 is 0 Å². The highest BCUT2D eigenvalue weighted by atomic mass is 16.6. The summed E-state index contributed by atoms with van der Waals surface area (Å²) in [5, 5.41) is 5.53. The summed E-state index contributed by atoms with van der Waals surface area (Å²) in [7, 11) is 0. The Morgan fingerprint density at radius 2 is 1.89 bits per heavy atom. The van der Waals surface area contributed by atoms with Crippen molar-refractivity contribution in [1.82, 2.24) is 5.32 Å².